The molecule has 2 aliphatic heterocycles. The van der Waals surface area contributed by atoms with Gasteiger partial charge in [0.1, 0.15) is 12.4 Å². The Balaban J connectivity index is 0.00000336. The highest BCUT2D eigenvalue weighted by Crippen LogP contribution is 2.39. The lowest BCUT2D eigenvalue weighted by Gasteiger charge is -2.31. The van der Waals surface area contributed by atoms with Gasteiger partial charge in [0, 0.05) is 41.7 Å². The number of nitrogens with zero attached hydrogens (tertiary/aromatic N) is 3. The molecule has 0 saturated carbocycles. The third-order valence-electron chi connectivity index (χ3n) is 6.85. The topological polar surface area (TPSA) is 149 Å². The summed E-state index contributed by atoms with van der Waals surface area (Å²) in [6.07, 6.45) is -0.515. The second-order valence-corrected chi connectivity index (χ2v) is 9.55. The van der Waals surface area contributed by atoms with E-state index in [4.69, 9.17) is 20.2 Å². The number of rotatable bonds is 6. The Labute approximate surface area is 224 Å². The fourth-order valence-corrected chi connectivity index (χ4v) is 4.98. The fourth-order valence-electron chi connectivity index (χ4n) is 4.98. The molecular formula is C26H30ClN5O6. The maximum atomic E-state index is 13.4. The van der Waals surface area contributed by atoms with Gasteiger partial charge in [0.25, 0.3) is 5.56 Å². The average Bonchev–Trinajstić information content (AvgIpc) is 3.23. The maximum absolute atomic E-state index is 13.4. The van der Waals surface area contributed by atoms with Crippen LogP contribution in [0.3, 0.4) is 0 Å². The summed E-state index contributed by atoms with van der Waals surface area (Å²) in [4.78, 5) is 44.9. The highest BCUT2D eigenvalue weighted by atomic mass is 35.5. The highest BCUT2D eigenvalue weighted by molar-refractivity contribution is 5.90. The number of esters is 1. The van der Waals surface area contributed by atoms with Crippen molar-refractivity contribution in [3.63, 3.8) is 0 Å². The van der Waals surface area contributed by atoms with Crippen LogP contribution in [0, 0.1) is 0 Å². The van der Waals surface area contributed by atoms with Crippen LogP contribution in [-0.2, 0) is 34.8 Å². The minimum Gasteiger partial charge on any atom is -0.458 e. The van der Waals surface area contributed by atoms with E-state index in [2.05, 4.69) is 5.32 Å². The molecule has 0 unspecified atom stereocenters. The summed E-state index contributed by atoms with van der Waals surface area (Å²) in [6.45, 7) is 2.85. The molecule has 2 aliphatic rings. The van der Waals surface area contributed by atoms with Crippen molar-refractivity contribution in [1.82, 2.24) is 19.8 Å². The standard InChI is InChI=1S/C26H29N5O6.ClH/c1-4-26(35)18-10-20-22-14(11-31(20)23(32)17(18)13-36-24(26)33)9-15-16(12-30(2)3)21(6-5-19(15)29-22)37-25(34)28-8-7-27;/h5-6,9-10,35H,4,7-8,11-13,27H2,1-3H3,(H,28,34);1H/t26-;/m0./s1. The molecule has 0 bridgehead atoms. The van der Waals surface area contributed by atoms with Gasteiger partial charge in [-0.2, -0.15) is 0 Å². The molecule has 3 aromatic rings. The molecule has 1 aromatic carbocycles. The number of carbonyl (C=O) groups excluding carboxylic acids is 2. The summed E-state index contributed by atoms with van der Waals surface area (Å²) in [5.41, 5.74) is 7.22. The van der Waals surface area contributed by atoms with Crippen LogP contribution in [0.4, 0.5) is 4.79 Å². The zero-order chi connectivity index (χ0) is 26.5. The number of benzene rings is 1. The van der Waals surface area contributed by atoms with Crippen molar-refractivity contribution < 1.29 is 24.2 Å². The normalized spacial score (nSPS) is 17.4. The van der Waals surface area contributed by atoms with Gasteiger partial charge in [0.2, 0.25) is 0 Å². The number of aliphatic hydroxyl groups is 1. The van der Waals surface area contributed by atoms with Crippen LogP contribution in [0.5, 0.6) is 5.75 Å². The molecular weight excluding hydrogens is 514 g/mol. The number of amides is 1. The molecule has 0 saturated heterocycles. The summed E-state index contributed by atoms with van der Waals surface area (Å²) in [7, 11) is 3.83. The molecule has 12 heteroatoms. The SMILES string of the molecule is CC[C@@]1(O)C(=O)OCc2c1cc1n(c2=O)Cc2cc3c(CN(C)C)c(OC(=O)NCCN)ccc3nc2-1.Cl. The first-order valence-corrected chi connectivity index (χ1v) is 12.1. The summed E-state index contributed by atoms with van der Waals surface area (Å²) in [5, 5.41) is 14.5. The molecule has 0 radical (unpaired) electrons. The van der Waals surface area contributed by atoms with Crippen molar-refractivity contribution >= 4 is 35.4 Å². The molecule has 2 aromatic heterocycles. The Bertz CT molecular complexity index is 1500. The quantitative estimate of drug-likeness (QED) is 0.308. The lowest BCUT2D eigenvalue weighted by atomic mass is 9.86. The molecule has 0 aliphatic carbocycles. The van der Waals surface area contributed by atoms with Crippen molar-refractivity contribution in [2.24, 2.45) is 5.73 Å². The first-order chi connectivity index (χ1) is 17.7. The van der Waals surface area contributed by atoms with Crippen molar-refractivity contribution in [3.05, 3.63) is 56.9 Å². The van der Waals surface area contributed by atoms with Crippen molar-refractivity contribution in [2.45, 2.75) is 38.6 Å². The summed E-state index contributed by atoms with van der Waals surface area (Å²) >= 11 is 0. The Morgan fingerprint density at radius 2 is 2.08 bits per heavy atom. The number of nitrogens with two attached hydrogens (primary N) is 1. The predicted molar refractivity (Wildman–Crippen MR) is 142 cm³/mol. The smallest absolute Gasteiger partial charge is 0.412 e. The van der Waals surface area contributed by atoms with Gasteiger partial charge in [0.05, 0.1) is 29.0 Å². The summed E-state index contributed by atoms with van der Waals surface area (Å²) < 4.78 is 12.3. The molecule has 11 nitrogen and oxygen atoms in total. The van der Waals surface area contributed by atoms with Gasteiger partial charge in [-0.25, -0.2) is 14.6 Å². The first-order valence-electron chi connectivity index (χ1n) is 12.1. The molecule has 202 valence electrons. The van der Waals surface area contributed by atoms with E-state index >= 15 is 0 Å². The van der Waals surface area contributed by atoms with Crippen molar-refractivity contribution in [2.75, 3.05) is 27.2 Å². The van der Waals surface area contributed by atoms with E-state index in [0.717, 1.165) is 16.5 Å². The fraction of sp³-hybridized carbons (Fsp3) is 0.385. The summed E-state index contributed by atoms with van der Waals surface area (Å²) in [6, 6.07) is 7.11. The Morgan fingerprint density at radius 3 is 2.76 bits per heavy atom. The van der Waals surface area contributed by atoms with Crippen LogP contribution >= 0.6 is 12.4 Å². The van der Waals surface area contributed by atoms with Crippen LogP contribution in [-0.4, -0.2) is 58.8 Å². The Morgan fingerprint density at radius 1 is 1.32 bits per heavy atom. The first kappa shape index (κ1) is 27.5. The van der Waals surface area contributed by atoms with Gasteiger partial charge < -0.3 is 35.1 Å². The van der Waals surface area contributed by atoms with Gasteiger partial charge >= 0.3 is 12.1 Å². The lowest BCUT2D eigenvalue weighted by Crippen LogP contribution is -2.44. The van der Waals surface area contributed by atoms with E-state index in [1.807, 2.05) is 25.1 Å². The molecule has 0 fully saturated rings. The number of fused-ring (bicyclic) bond motifs is 5. The number of pyridine rings is 2. The highest BCUT2D eigenvalue weighted by Gasteiger charge is 2.45. The molecule has 4 N–H and O–H groups in total. The van der Waals surface area contributed by atoms with Crippen molar-refractivity contribution in [3.8, 4) is 17.1 Å². The minimum absolute atomic E-state index is 0. The number of cyclic esters (lactones) is 1. The number of aromatic nitrogens is 2. The molecule has 4 heterocycles. The number of nitrogens with one attached hydrogen (secondary N) is 1. The van der Waals surface area contributed by atoms with Crippen LogP contribution in [0.25, 0.3) is 22.3 Å². The van der Waals surface area contributed by atoms with E-state index in [0.29, 0.717) is 42.3 Å². The predicted octanol–water partition coefficient (Wildman–Crippen LogP) is 1.61. The van der Waals surface area contributed by atoms with Crippen LogP contribution < -0.4 is 21.3 Å². The third kappa shape index (κ3) is 4.41. The third-order valence-corrected chi connectivity index (χ3v) is 6.85. The van der Waals surface area contributed by atoms with E-state index in [-0.39, 0.29) is 48.7 Å². The molecule has 1 amide bonds. The molecule has 1 atom stereocenters. The summed E-state index contributed by atoms with van der Waals surface area (Å²) in [5.74, 6) is -0.350. The average molecular weight is 544 g/mol. The van der Waals surface area contributed by atoms with E-state index < -0.39 is 17.7 Å². The van der Waals surface area contributed by atoms with E-state index in [1.165, 1.54) is 0 Å². The largest absolute Gasteiger partial charge is 0.458 e. The minimum atomic E-state index is -1.88. The Kier molecular flexibility index (Phi) is 7.48. The van der Waals surface area contributed by atoms with Crippen LogP contribution in [0.2, 0.25) is 0 Å². The second-order valence-electron chi connectivity index (χ2n) is 9.55. The van der Waals surface area contributed by atoms with Gasteiger partial charge in [-0.1, -0.05) is 6.92 Å². The molecule has 38 heavy (non-hydrogen) atoms. The van der Waals surface area contributed by atoms with Crippen LogP contribution in [0.1, 0.15) is 35.6 Å². The zero-order valence-corrected chi connectivity index (χ0v) is 22.2. The number of halogens is 1. The monoisotopic (exact) mass is 543 g/mol. The molecule has 0 spiro atoms. The van der Waals surface area contributed by atoms with E-state index in [1.54, 1.807) is 29.7 Å². The number of hydrogen-bond donors (Lipinski definition) is 3. The maximum Gasteiger partial charge on any atom is 0.412 e. The van der Waals surface area contributed by atoms with Crippen LogP contribution in [0.15, 0.2) is 29.1 Å². The van der Waals surface area contributed by atoms with Gasteiger partial charge in [-0.05, 0) is 44.8 Å². The zero-order valence-electron chi connectivity index (χ0n) is 21.4. The van der Waals surface area contributed by atoms with Gasteiger partial charge in [-0.3, -0.25) is 4.79 Å². The van der Waals surface area contributed by atoms with Gasteiger partial charge in [0.15, 0.2) is 5.60 Å². The number of carbonyl (C=O) groups is 2. The van der Waals surface area contributed by atoms with Gasteiger partial charge in [-0.15, -0.1) is 12.4 Å². The lowest BCUT2D eigenvalue weighted by molar-refractivity contribution is -0.172. The molecule has 5 rings (SSSR count). The van der Waals surface area contributed by atoms with Crippen molar-refractivity contribution in [1.29, 1.82) is 0 Å². The number of hydrogen-bond acceptors (Lipinski definition) is 9. The number of ether oxygens (including phenoxy) is 2. The Hall–Kier alpha value is -3.51. The van der Waals surface area contributed by atoms with E-state index in [9.17, 15) is 19.5 Å². The second kappa shape index (κ2) is 10.3.